The minimum absolute atomic E-state index is 0.196. The van der Waals surface area contributed by atoms with Gasteiger partial charge in [0.1, 0.15) is 35.4 Å². The van der Waals surface area contributed by atoms with Crippen LogP contribution in [0, 0.1) is 6.92 Å². The van der Waals surface area contributed by atoms with E-state index in [1.807, 2.05) is 23.5 Å². The predicted molar refractivity (Wildman–Crippen MR) is 101 cm³/mol. The summed E-state index contributed by atoms with van der Waals surface area (Å²) in [6.45, 7) is 1.69. The molecular weight excluding hydrogens is 305 g/mol. The lowest BCUT2D eigenvalue weighted by molar-refractivity contribution is -0.135. The van der Waals surface area contributed by atoms with Crippen LogP contribution < -0.4 is 33.0 Å². The summed E-state index contributed by atoms with van der Waals surface area (Å²) >= 11 is 0. The maximum absolute atomic E-state index is 13.1. The third-order valence-corrected chi connectivity index (χ3v) is 4.97. The molecule has 0 radical (unpaired) electrons. The third kappa shape index (κ3) is 2.25. The van der Waals surface area contributed by atoms with Gasteiger partial charge in [0.2, 0.25) is 11.8 Å². The standard InChI is InChI=1S/C14H17B3N4O3/c1-4-19-12-7(11(18)9(16)8(15)10(12)17)14(24)21(4)5-2-3-6(22)20-13(5)23/h5H,2-3,15-18H2,1H3,(H,20,22,23). The number of nitrogens with zero attached hydrogens (tertiary/aromatic N) is 2. The van der Waals surface area contributed by atoms with Crippen molar-refractivity contribution in [1.82, 2.24) is 14.9 Å². The lowest BCUT2D eigenvalue weighted by atomic mass is 9.70. The summed E-state index contributed by atoms with van der Waals surface area (Å²) in [5.41, 5.74) is 9.57. The van der Waals surface area contributed by atoms with Crippen LogP contribution >= 0.6 is 0 Å². The van der Waals surface area contributed by atoms with E-state index < -0.39 is 11.9 Å². The molecule has 2 amide bonds. The highest BCUT2D eigenvalue weighted by Gasteiger charge is 2.31. The lowest BCUT2D eigenvalue weighted by Crippen LogP contribution is -2.47. The Morgan fingerprint density at radius 1 is 1.17 bits per heavy atom. The molecule has 0 aliphatic carbocycles. The van der Waals surface area contributed by atoms with Crippen LogP contribution in [0.2, 0.25) is 0 Å². The van der Waals surface area contributed by atoms with Crippen molar-refractivity contribution in [3.05, 3.63) is 16.2 Å². The van der Waals surface area contributed by atoms with E-state index in [0.29, 0.717) is 22.4 Å². The van der Waals surface area contributed by atoms with Crippen molar-refractivity contribution in [2.24, 2.45) is 0 Å². The number of rotatable bonds is 1. The molecule has 1 saturated heterocycles. The van der Waals surface area contributed by atoms with Gasteiger partial charge in [-0.2, -0.15) is 0 Å². The second-order valence-corrected chi connectivity index (χ2v) is 6.31. The number of aryl methyl sites for hydroxylation is 1. The Hall–Kier alpha value is -2.51. The summed E-state index contributed by atoms with van der Waals surface area (Å²) in [6.07, 6.45) is 0.476. The van der Waals surface area contributed by atoms with Gasteiger partial charge in [-0.1, -0.05) is 16.4 Å². The molecule has 1 aliphatic rings. The number of aromatic nitrogens is 2. The number of carbonyl (C=O) groups excluding carboxylic acids is 2. The molecule has 0 saturated carbocycles. The average Bonchev–Trinajstić information content (AvgIpc) is 2.52. The Balaban J connectivity index is 2.34. The molecule has 2 aromatic rings. The van der Waals surface area contributed by atoms with E-state index in [9.17, 15) is 14.4 Å². The first kappa shape index (κ1) is 16.4. The molecule has 7 nitrogen and oxygen atoms in total. The average molecular weight is 322 g/mol. The van der Waals surface area contributed by atoms with E-state index in [-0.39, 0.29) is 24.3 Å². The Morgan fingerprint density at radius 2 is 1.83 bits per heavy atom. The maximum atomic E-state index is 13.1. The number of hydrogen-bond donors (Lipinski definition) is 2. The van der Waals surface area contributed by atoms with Gasteiger partial charge in [0, 0.05) is 12.1 Å². The summed E-state index contributed by atoms with van der Waals surface area (Å²) in [6, 6.07) is -0.742. The first-order valence-electron chi connectivity index (χ1n) is 7.85. The molecule has 1 aliphatic heterocycles. The molecule has 2 heterocycles. The van der Waals surface area contributed by atoms with Crippen molar-refractivity contribution in [2.75, 3.05) is 5.73 Å². The molecule has 1 fully saturated rings. The second-order valence-electron chi connectivity index (χ2n) is 6.31. The zero-order valence-electron chi connectivity index (χ0n) is 14.2. The number of fused-ring (bicyclic) bond motifs is 1. The SMILES string of the molecule is Bc1c(B)c(N)c2c(=O)n(C3CCC(=O)NC3=O)c(C)nc2c1B. The van der Waals surface area contributed by atoms with Crippen molar-refractivity contribution in [2.45, 2.75) is 25.8 Å². The topological polar surface area (TPSA) is 107 Å². The van der Waals surface area contributed by atoms with Crippen LogP contribution in [-0.4, -0.2) is 44.9 Å². The van der Waals surface area contributed by atoms with Gasteiger partial charge in [0.25, 0.3) is 5.56 Å². The maximum Gasteiger partial charge on any atom is 0.264 e. The van der Waals surface area contributed by atoms with Crippen LogP contribution in [-0.2, 0) is 9.59 Å². The van der Waals surface area contributed by atoms with Gasteiger partial charge in [0.15, 0.2) is 0 Å². The number of carbonyl (C=O) groups is 2. The number of nitrogens with one attached hydrogen (secondary N) is 1. The summed E-state index contributed by atoms with van der Waals surface area (Å²) < 4.78 is 1.36. The fraction of sp³-hybridized carbons (Fsp3) is 0.286. The first-order chi connectivity index (χ1) is 11.2. The van der Waals surface area contributed by atoms with Gasteiger partial charge in [-0.15, -0.1) is 0 Å². The van der Waals surface area contributed by atoms with Gasteiger partial charge >= 0.3 is 0 Å². The van der Waals surface area contributed by atoms with Crippen LogP contribution in [0.5, 0.6) is 0 Å². The molecule has 1 atom stereocenters. The molecule has 120 valence electrons. The fourth-order valence-corrected chi connectivity index (χ4v) is 3.30. The molecule has 0 spiro atoms. The smallest absolute Gasteiger partial charge is 0.264 e. The zero-order valence-corrected chi connectivity index (χ0v) is 14.2. The summed E-state index contributed by atoms with van der Waals surface area (Å²) in [7, 11) is 5.72. The van der Waals surface area contributed by atoms with Crippen LogP contribution in [0.1, 0.15) is 24.7 Å². The highest BCUT2D eigenvalue weighted by Crippen LogP contribution is 2.20. The molecule has 24 heavy (non-hydrogen) atoms. The van der Waals surface area contributed by atoms with Crippen LogP contribution in [0.3, 0.4) is 0 Å². The van der Waals surface area contributed by atoms with Crippen molar-refractivity contribution < 1.29 is 9.59 Å². The largest absolute Gasteiger partial charge is 0.398 e. The summed E-state index contributed by atoms with van der Waals surface area (Å²) in [5.74, 6) is -0.359. The quantitative estimate of drug-likeness (QED) is 0.311. The number of hydrogen-bond acceptors (Lipinski definition) is 5. The number of nitrogen functional groups attached to an aromatic ring is 1. The Labute approximate surface area is 141 Å². The molecule has 1 aromatic heterocycles. The van der Waals surface area contributed by atoms with Crippen LogP contribution in [0.4, 0.5) is 5.69 Å². The van der Waals surface area contributed by atoms with E-state index >= 15 is 0 Å². The summed E-state index contributed by atoms with van der Waals surface area (Å²) in [4.78, 5) is 41.2. The van der Waals surface area contributed by atoms with E-state index in [0.717, 1.165) is 16.4 Å². The molecular formula is C14H17B3N4O3. The van der Waals surface area contributed by atoms with Crippen LogP contribution in [0.25, 0.3) is 10.9 Å². The molecule has 3 N–H and O–H groups in total. The van der Waals surface area contributed by atoms with Gasteiger partial charge in [-0.25, -0.2) is 4.98 Å². The predicted octanol–water partition coefficient (Wildman–Crippen LogP) is -4.96. The van der Waals surface area contributed by atoms with Gasteiger partial charge in [-0.05, 0) is 13.3 Å². The lowest BCUT2D eigenvalue weighted by Gasteiger charge is -2.25. The van der Waals surface area contributed by atoms with Gasteiger partial charge < -0.3 is 5.73 Å². The van der Waals surface area contributed by atoms with E-state index in [1.54, 1.807) is 6.92 Å². The zero-order chi connectivity index (χ0) is 17.8. The Bertz CT molecular complexity index is 970. The van der Waals surface area contributed by atoms with Gasteiger partial charge in [-0.3, -0.25) is 24.3 Å². The number of amides is 2. The third-order valence-electron chi connectivity index (χ3n) is 4.97. The second kappa shape index (κ2) is 5.54. The molecule has 3 rings (SSSR count). The number of benzene rings is 1. The monoisotopic (exact) mass is 322 g/mol. The van der Waals surface area contributed by atoms with Crippen molar-refractivity contribution >= 4 is 68.3 Å². The minimum Gasteiger partial charge on any atom is -0.398 e. The molecule has 1 aromatic carbocycles. The minimum atomic E-state index is -0.742. The normalized spacial score (nSPS) is 18.0. The molecule has 1 unspecified atom stereocenters. The highest BCUT2D eigenvalue weighted by molar-refractivity contribution is 6.61. The van der Waals surface area contributed by atoms with Crippen molar-refractivity contribution in [3.63, 3.8) is 0 Å². The number of anilines is 1. The number of nitrogens with two attached hydrogens (primary N) is 1. The number of imide groups is 1. The Kier molecular flexibility index (Phi) is 3.78. The van der Waals surface area contributed by atoms with Gasteiger partial charge in [0.05, 0.1) is 10.9 Å². The van der Waals surface area contributed by atoms with E-state index in [4.69, 9.17) is 5.73 Å². The molecule has 10 heteroatoms. The van der Waals surface area contributed by atoms with Crippen molar-refractivity contribution in [3.8, 4) is 0 Å². The first-order valence-corrected chi connectivity index (χ1v) is 7.85. The highest BCUT2D eigenvalue weighted by atomic mass is 16.2. The van der Waals surface area contributed by atoms with E-state index in [1.165, 1.54) is 4.57 Å². The van der Waals surface area contributed by atoms with Crippen LogP contribution in [0.15, 0.2) is 4.79 Å². The summed E-state index contributed by atoms with van der Waals surface area (Å²) in [5, 5.41) is 2.62. The van der Waals surface area contributed by atoms with E-state index in [2.05, 4.69) is 10.3 Å². The fourth-order valence-electron chi connectivity index (χ4n) is 3.30. The van der Waals surface area contributed by atoms with Crippen molar-refractivity contribution in [1.29, 1.82) is 0 Å². The Morgan fingerprint density at radius 3 is 2.46 bits per heavy atom. The number of piperidine rings is 1. The molecule has 0 bridgehead atoms.